The zero-order valence-electron chi connectivity index (χ0n) is 13.0. The summed E-state index contributed by atoms with van der Waals surface area (Å²) in [6.45, 7) is -0.416. The smallest absolute Gasteiger partial charge is 0.264 e. The minimum absolute atomic E-state index is 0.0213. The molecule has 0 aliphatic rings. The van der Waals surface area contributed by atoms with E-state index in [0.29, 0.717) is 0 Å². The Bertz CT molecular complexity index is 743. The van der Waals surface area contributed by atoms with Gasteiger partial charge < -0.3 is 4.90 Å². The second kappa shape index (κ2) is 8.46. The highest BCUT2D eigenvalue weighted by Gasteiger charge is 2.13. The van der Waals surface area contributed by atoms with E-state index in [9.17, 15) is 26.1 Å². The molecular formula is C12H17FN2O7S2. The molecule has 12 heteroatoms. The summed E-state index contributed by atoms with van der Waals surface area (Å²) in [7, 11) is -7.30. The van der Waals surface area contributed by atoms with Gasteiger partial charge in [-0.3, -0.25) is 8.37 Å². The normalized spacial score (nSPS) is 12.1. The number of hydrogen-bond acceptors (Lipinski definition) is 9. The lowest BCUT2D eigenvalue weighted by atomic mass is 10.2. The van der Waals surface area contributed by atoms with Crippen molar-refractivity contribution in [2.75, 3.05) is 43.7 Å². The van der Waals surface area contributed by atoms with Crippen LogP contribution in [0, 0.1) is 10.7 Å². The summed E-state index contributed by atoms with van der Waals surface area (Å²) in [4.78, 5) is 11.8. The van der Waals surface area contributed by atoms with E-state index < -0.39 is 26.1 Å². The Balaban J connectivity index is 2.86. The summed E-state index contributed by atoms with van der Waals surface area (Å²) in [6.07, 6.45) is 1.77. The van der Waals surface area contributed by atoms with E-state index in [4.69, 9.17) is 0 Å². The Morgan fingerprint density at radius 2 is 1.54 bits per heavy atom. The van der Waals surface area contributed by atoms with E-state index >= 15 is 0 Å². The van der Waals surface area contributed by atoms with Gasteiger partial charge in [-0.25, -0.2) is 4.39 Å². The van der Waals surface area contributed by atoms with Crippen LogP contribution in [0.15, 0.2) is 23.4 Å². The van der Waals surface area contributed by atoms with E-state index in [-0.39, 0.29) is 37.7 Å². The van der Waals surface area contributed by atoms with Crippen LogP contribution >= 0.6 is 0 Å². The molecule has 0 spiro atoms. The Labute approximate surface area is 139 Å². The molecule has 0 N–H and O–H groups in total. The lowest BCUT2D eigenvalue weighted by molar-refractivity contribution is 0.309. The van der Waals surface area contributed by atoms with Gasteiger partial charge in [0.15, 0.2) is 5.82 Å². The fourth-order valence-corrected chi connectivity index (χ4v) is 2.49. The summed E-state index contributed by atoms with van der Waals surface area (Å²) >= 11 is 0. The number of rotatable bonds is 10. The van der Waals surface area contributed by atoms with Crippen LogP contribution in [0.2, 0.25) is 0 Å². The highest BCUT2D eigenvalue weighted by molar-refractivity contribution is 7.86. The van der Waals surface area contributed by atoms with Gasteiger partial charge in [0.2, 0.25) is 0 Å². The maximum absolute atomic E-state index is 13.7. The van der Waals surface area contributed by atoms with Crippen molar-refractivity contribution < 1.29 is 29.6 Å². The first kappa shape index (κ1) is 20.4. The molecule has 1 aromatic carbocycles. The van der Waals surface area contributed by atoms with Gasteiger partial charge in [-0.1, -0.05) is 0 Å². The average Bonchev–Trinajstić information content (AvgIpc) is 2.43. The second-order valence-electron chi connectivity index (χ2n) is 4.77. The van der Waals surface area contributed by atoms with Crippen molar-refractivity contribution >= 4 is 31.6 Å². The highest BCUT2D eigenvalue weighted by Crippen LogP contribution is 2.23. The molecule has 0 unspecified atom stereocenters. The summed E-state index contributed by atoms with van der Waals surface area (Å²) in [6, 6.07) is 3.57. The molecule has 0 saturated heterocycles. The van der Waals surface area contributed by atoms with Crippen molar-refractivity contribution in [1.82, 2.24) is 0 Å². The van der Waals surface area contributed by atoms with Crippen LogP contribution in [0.3, 0.4) is 0 Å². The van der Waals surface area contributed by atoms with E-state index in [1.54, 1.807) is 0 Å². The number of nitroso groups, excluding NO2 is 1. The van der Waals surface area contributed by atoms with Crippen LogP contribution in [0.5, 0.6) is 0 Å². The molecule has 1 aromatic rings. The quantitative estimate of drug-likeness (QED) is 0.432. The van der Waals surface area contributed by atoms with Gasteiger partial charge >= 0.3 is 0 Å². The van der Waals surface area contributed by atoms with E-state index in [1.807, 2.05) is 0 Å². The van der Waals surface area contributed by atoms with Crippen LogP contribution < -0.4 is 4.90 Å². The Morgan fingerprint density at radius 3 is 1.92 bits per heavy atom. The maximum Gasteiger partial charge on any atom is 0.264 e. The Kier molecular flexibility index (Phi) is 7.20. The van der Waals surface area contributed by atoms with E-state index in [0.717, 1.165) is 24.6 Å². The summed E-state index contributed by atoms with van der Waals surface area (Å²) in [5, 5.41) is 2.51. The van der Waals surface area contributed by atoms with Gasteiger partial charge in [0, 0.05) is 18.8 Å². The monoisotopic (exact) mass is 384 g/mol. The summed E-state index contributed by atoms with van der Waals surface area (Å²) < 4.78 is 66.8. The summed E-state index contributed by atoms with van der Waals surface area (Å²) in [5.74, 6) is -0.861. The number of anilines is 1. The molecule has 9 nitrogen and oxygen atoms in total. The molecule has 0 heterocycles. The lowest BCUT2D eigenvalue weighted by Gasteiger charge is -2.24. The third kappa shape index (κ3) is 7.77. The molecule has 24 heavy (non-hydrogen) atoms. The van der Waals surface area contributed by atoms with Crippen LogP contribution in [0.25, 0.3) is 0 Å². The van der Waals surface area contributed by atoms with Gasteiger partial charge in [-0.15, -0.1) is 4.91 Å². The van der Waals surface area contributed by atoms with Crippen molar-refractivity contribution in [2.45, 2.75) is 0 Å². The standard InChI is InChI=1S/C12H17FN2O7S2/c1-23(17,18)21-7-5-15(6-8-22-24(2,19)20)10-3-4-12(14-16)11(13)9-10/h3-4,9H,5-8H2,1-2H3. The topological polar surface area (TPSA) is 119 Å². The lowest BCUT2D eigenvalue weighted by Crippen LogP contribution is -2.32. The Hall–Kier alpha value is -1.63. The molecule has 136 valence electrons. The van der Waals surface area contributed by atoms with Gasteiger partial charge in [-0.2, -0.15) is 16.8 Å². The molecule has 1 rings (SSSR count). The van der Waals surface area contributed by atoms with Crippen LogP contribution in [0.1, 0.15) is 0 Å². The molecule has 0 aromatic heterocycles. The number of benzene rings is 1. The van der Waals surface area contributed by atoms with E-state index in [2.05, 4.69) is 13.5 Å². The van der Waals surface area contributed by atoms with Crippen LogP contribution in [-0.2, 0) is 28.6 Å². The molecule has 0 aliphatic heterocycles. The van der Waals surface area contributed by atoms with Crippen LogP contribution in [-0.4, -0.2) is 55.7 Å². The second-order valence-corrected chi connectivity index (χ2v) is 8.05. The van der Waals surface area contributed by atoms with Crippen molar-refractivity contribution in [2.24, 2.45) is 5.18 Å². The number of halogens is 1. The molecule has 0 radical (unpaired) electrons. The number of hydrogen-bond donors (Lipinski definition) is 0. The molecule has 0 aliphatic carbocycles. The average molecular weight is 384 g/mol. The first-order valence-corrected chi connectivity index (χ1v) is 10.2. The fraction of sp³-hybridized carbons (Fsp3) is 0.500. The first-order valence-electron chi connectivity index (χ1n) is 6.58. The molecular weight excluding hydrogens is 367 g/mol. The van der Waals surface area contributed by atoms with Crippen LogP contribution in [0.4, 0.5) is 15.8 Å². The SMILES string of the molecule is CS(=O)(=O)OCCN(CCOS(C)(=O)=O)c1ccc(N=O)c(F)c1. The fourth-order valence-electron chi connectivity index (χ4n) is 1.73. The molecule has 0 fully saturated rings. The predicted octanol–water partition coefficient (Wildman–Crippen LogP) is 0.982. The van der Waals surface area contributed by atoms with Crippen molar-refractivity contribution in [3.05, 3.63) is 28.9 Å². The van der Waals surface area contributed by atoms with Gasteiger partial charge in [0.05, 0.1) is 25.7 Å². The zero-order valence-corrected chi connectivity index (χ0v) is 14.6. The molecule has 0 bridgehead atoms. The zero-order chi connectivity index (χ0) is 18.4. The van der Waals surface area contributed by atoms with Gasteiger partial charge in [0.1, 0.15) is 5.69 Å². The predicted molar refractivity (Wildman–Crippen MR) is 85.7 cm³/mol. The van der Waals surface area contributed by atoms with Crippen molar-refractivity contribution in [1.29, 1.82) is 0 Å². The Morgan fingerprint density at radius 1 is 1.04 bits per heavy atom. The van der Waals surface area contributed by atoms with Crippen molar-refractivity contribution in [3.63, 3.8) is 0 Å². The number of nitrogens with zero attached hydrogens (tertiary/aromatic N) is 2. The minimum Gasteiger partial charge on any atom is -0.367 e. The van der Waals surface area contributed by atoms with Gasteiger partial charge in [0.25, 0.3) is 20.2 Å². The van der Waals surface area contributed by atoms with E-state index in [1.165, 1.54) is 11.0 Å². The summed E-state index contributed by atoms with van der Waals surface area (Å²) in [5.41, 5.74) is -0.0902. The molecule has 0 amide bonds. The third-order valence-corrected chi connectivity index (χ3v) is 3.90. The minimum atomic E-state index is -3.65. The third-order valence-electron chi connectivity index (χ3n) is 2.71. The first-order chi connectivity index (χ1) is 11.0. The maximum atomic E-state index is 13.7. The largest absolute Gasteiger partial charge is 0.367 e. The molecule has 0 saturated carbocycles. The van der Waals surface area contributed by atoms with Crippen molar-refractivity contribution in [3.8, 4) is 0 Å². The highest BCUT2D eigenvalue weighted by atomic mass is 32.2. The molecule has 0 atom stereocenters. The van der Waals surface area contributed by atoms with Gasteiger partial charge in [-0.05, 0) is 23.4 Å².